The predicted molar refractivity (Wildman–Crippen MR) is 101 cm³/mol. The number of nitrogens with zero attached hydrogens (tertiary/aromatic N) is 4. The lowest BCUT2D eigenvalue weighted by Crippen LogP contribution is -2.15. The minimum atomic E-state index is -0.477. The van der Waals surface area contributed by atoms with E-state index < -0.39 is 4.92 Å². The number of para-hydroxylation sites is 1. The highest BCUT2D eigenvalue weighted by Crippen LogP contribution is 2.36. The summed E-state index contributed by atoms with van der Waals surface area (Å²) in [7, 11) is 1.73. The van der Waals surface area contributed by atoms with E-state index in [-0.39, 0.29) is 17.3 Å². The SMILES string of the molecule is CN(c1ccccc1)c1ncnc(Nc2cccc(Br)c2)c1[N+](=O)[O-]. The van der Waals surface area contributed by atoms with E-state index in [1.54, 1.807) is 18.0 Å². The number of nitrogens with one attached hydrogen (secondary N) is 1. The first kappa shape index (κ1) is 16.8. The van der Waals surface area contributed by atoms with Crippen LogP contribution in [-0.4, -0.2) is 21.9 Å². The Labute approximate surface area is 152 Å². The molecule has 0 aliphatic rings. The molecule has 0 saturated heterocycles. The second kappa shape index (κ2) is 7.27. The maximum Gasteiger partial charge on any atom is 0.354 e. The van der Waals surface area contributed by atoms with Crippen LogP contribution >= 0.6 is 15.9 Å². The first-order valence-corrected chi connectivity index (χ1v) is 8.16. The third-order valence-corrected chi connectivity index (χ3v) is 4.03. The van der Waals surface area contributed by atoms with Crippen molar-refractivity contribution in [3.8, 4) is 0 Å². The summed E-state index contributed by atoms with van der Waals surface area (Å²) in [4.78, 5) is 21.0. The predicted octanol–water partition coefficient (Wildman–Crippen LogP) is 4.66. The Morgan fingerprint density at radius 3 is 2.56 bits per heavy atom. The molecule has 8 heteroatoms. The van der Waals surface area contributed by atoms with Gasteiger partial charge in [-0.05, 0) is 30.3 Å². The highest BCUT2D eigenvalue weighted by atomic mass is 79.9. The average Bonchev–Trinajstić information content (AvgIpc) is 2.61. The molecule has 0 aliphatic heterocycles. The highest BCUT2D eigenvalue weighted by Gasteiger charge is 2.26. The maximum absolute atomic E-state index is 11.7. The number of hydrogen-bond donors (Lipinski definition) is 1. The Morgan fingerprint density at radius 1 is 1.12 bits per heavy atom. The van der Waals surface area contributed by atoms with Crippen molar-refractivity contribution in [3.05, 3.63) is 75.5 Å². The zero-order valence-electron chi connectivity index (χ0n) is 13.3. The number of rotatable bonds is 5. The molecule has 0 amide bonds. The fraction of sp³-hybridized carbons (Fsp3) is 0.0588. The zero-order valence-corrected chi connectivity index (χ0v) is 14.8. The van der Waals surface area contributed by atoms with E-state index in [0.29, 0.717) is 5.69 Å². The van der Waals surface area contributed by atoms with Crippen molar-refractivity contribution in [1.82, 2.24) is 9.97 Å². The van der Waals surface area contributed by atoms with Crippen LogP contribution < -0.4 is 10.2 Å². The topological polar surface area (TPSA) is 84.2 Å². The molecule has 1 heterocycles. The van der Waals surface area contributed by atoms with Gasteiger partial charge in [0.15, 0.2) is 0 Å². The van der Waals surface area contributed by atoms with E-state index in [1.807, 2.05) is 48.5 Å². The summed E-state index contributed by atoms with van der Waals surface area (Å²) in [6.45, 7) is 0. The van der Waals surface area contributed by atoms with Crippen molar-refractivity contribution in [2.75, 3.05) is 17.3 Å². The van der Waals surface area contributed by atoms with Crippen LogP contribution in [0.1, 0.15) is 0 Å². The molecule has 3 rings (SSSR count). The number of hydrogen-bond acceptors (Lipinski definition) is 6. The van der Waals surface area contributed by atoms with Crippen LogP contribution in [0, 0.1) is 10.1 Å². The van der Waals surface area contributed by atoms with E-state index in [0.717, 1.165) is 10.2 Å². The first-order chi connectivity index (χ1) is 12.1. The lowest BCUT2D eigenvalue weighted by molar-refractivity contribution is -0.383. The Kier molecular flexibility index (Phi) is 4.90. The van der Waals surface area contributed by atoms with E-state index in [9.17, 15) is 10.1 Å². The Hall–Kier alpha value is -3.00. The lowest BCUT2D eigenvalue weighted by Gasteiger charge is -2.18. The normalized spacial score (nSPS) is 10.3. The summed E-state index contributed by atoms with van der Waals surface area (Å²) in [6.07, 6.45) is 1.31. The molecule has 0 radical (unpaired) electrons. The van der Waals surface area contributed by atoms with Gasteiger partial charge in [-0.3, -0.25) is 10.1 Å². The van der Waals surface area contributed by atoms with Crippen molar-refractivity contribution >= 4 is 44.6 Å². The van der Waals surface area contributed by atoms with Gasteiger partial charge in [0.1, 0.15) is 6.33 Å². The molecule has 2 aromatic carbocycles. The van der Waals surface area contributed by atoms with Crippen LogP contribution in [0.4, 0.5) is 28.7 Å². The molecule has 0 spiro atoms. The minimum absolute atomic E-state index is 0.135. The summed E-state index contributed by atoms with van der Waals surface area (Å²) in [5, 5.41) is 14.7. The number of halogens is 1. The largest absolute Gasteiger partial charge is 0.354 e. The molecule has 7 nitrogen and oxygen atoms in total. The van der Waals surface area contributed by atoms with E-state index in [4.69, 9.17) is 0 Å². The fourth-order valence-corrected chi connectivity index (χ4v) is 2.75. The van der Waals surface area contributed by atoms with Gasteiger partial charge < -0.3 is 10.2 Å². The Bertz CT molecular complexity index is 905. The van der Waals surface area contributed by atoms with Crippen molar-refractivity contribution in [1.29, 1.82) is 0 Å². The summed E-state index contributed by atoms with van der Waals surface area (Å²) in [5.41, 5.74) is 1.29. The molecule has 0 saturated carbocycles. The van der Waals surface area contributed by atoms with Crippen molar-refractivity contribution < 1.29 is 4.92 Å². The van der Waals surface area contributed by atoms with Gasteiger partial charge in [-0.1, -0.05) is 40.2 Å². The smallest absolute Gasteiger partial charge is 0.334 e. The summed E-state index contributed by atoms with van der Waals surface area (Å²) in [5.74, 6) is 0.347. The number of anilines is 4. The molecule has 3 aromatic rings. The van der Waals surface area contributed by atoms with Crippen LogP contribution in [0.15, 0.2) is 65.4 Å². The van der Waals surface area contributed by atoms with Crippen LogP contribution in [0.5, 0.6) is 0 Å². The fourth-order valence-electron chi connectivity index (χ4n) is 2.35. The third-order valence-electron chi connectivity index (χ3n) is 3.53. The van der Waals surface area contributed by atoms with E-state index in [1.165, 1.54) is 6.33 Å². The standard InChI is InChI=1S/C17H14BrN5O2/c1-22(14-8-3-2-4-9-14)17-15(23(24)25)16(19-11-20-17)21-13-7-5-6-12(18)10-13/h2-11H,1H3,(H,19,20,21). The van der Waals surface area contributed by atoms with Crippen LogP contribution in [0.2, 0.25) is 0 Å². The molecular formula is C17H14BrN5O2. The molecular weight excluding hydrogens is 386 g/mol. The average molecular weight is 400 g/mol. The van der Waals surface area contributed by atoms with Crippen LogP contribution in [-0.2, 0) is 0 Å². The Balaban J connectivity index is 2.04. The highest BCUT2D eigenvalue weighted by molar-refractivity contribution is 9.10. The number of benzene rings is 2. The monoisotopic (exact) mass is 399 g/mol. The lowest BCUT2D eigenvalue weighted by atomic mass is 10.3. The summed E-state index contributed by atoms with van der Waals surface area (Å²) in [6, 6.07) is 16.6. The molecule has 0 atom stereocenters. The molecule has 1 N–H and O–H groups in total. The van der Waals surface area contributed by atoms with E-state index in [2.05, 4.69) is 31.2 Å². The summed E-state index contributed by atoms with van der Waals surface area (Å²) < 4.78 is 0.857. The van der Waals surface area contributed by atoms with Crippen molar-refractivity contribution in [2.45, 2.75) is 0 Å². The van der Waals surface area contributed by atoms with Crippen molar-refractivity contribution in [3.63, 3.8) is 0 Å². The van der Waals surface area contributed by atoms with Crippen LogP contribution in [0.25, 0.3) is 0 Å². The van der Waals surface area contributed by atoms with Gasteiger partial charge in [0.05, 0.1) is 4.92 Å². The molecule has 0 unspecified atom stereocenters. The van der Waals surface area contributed by atoms with Gasteiger partial charge in [-0.15, -0.1) is 0 Å². The molecule has 0 bridgehead atoms. The molecule has 0 aliphatic carbocycles. The second-order valence-corrected chi connectivity index (χ2v) is 6.10. The van der Waals surface area contributed by atoms with Crippen LogP contribution in [0.3, 0.4) is 0 Å². The molecule has 126 valence electrons. The zero-order chi connectivity index (χ0) is 17.8. The van der Waals surface area contributed by atoms with Gasteiger partial charge >= 0.3 is 5.69 Å². The minimum Gasteiger partial charge on any atom is -0.334 e. The van der Waals surface area contributed by atoms with E-state index >= 15 is 0 Å². The third kappa shape index (κ3) is 3.74. The van der Waals surface area contributed by atoms with Gasteiger partial charge in [0.25, 0.3) is 0 Å². The summed E-state index contributed by atoms with van der Waals surface area (Å²) >= 11 is 3.38. The first-order valence-electron chi connectivity index (χ1n) is 7.37. The molecule has 0 fully saturated rings. The quantitative estimate of drug-likeness (QED) is 0.496. The van der Waals surface area contributed by atoms with Gasteiger partial charge in [-0.2, -0.15) is 0 Å². The molecule has 1 aromatic heterocycles. The maximum atomic E-state index is 11.7. The van der Waals surface area contributed by atoms with Crippen molar-refractivity contribution in [2.24, 2.45) is 0 Å². The second-order valence-electron chi connectivity index (χ2n) is 5.18. The number of nitro groups is 1. The number of aromatic nitrogens is 2. The molecule has 25 heavy (non-hydrogen) atoms. The van der Waals surface area contributed by atoms with Gasteiger partial charge in [-0.25, -0.2) is 9.97 Å². The Morgan fingerprint density at radius 2 is 1.88 bits per heavy atom. The van der Waals surface area contributed by atoms with Gasteiger partial charge in [0, 0.05) is 22.9 Å². The van der Waals surface area contributed by atoms with Gasteiger partial charge in [0.2, 0.25) is 11.6 Å².